The van der Waals surface area contributed by atoms with Gasteiger partial charge in [-0.2, -0.15) is 0 Å². The van der Waals surface area contributed by atoms with E-state index in [0.29, 0.717) is 17.3 Å². The second-order valence-corrected chi connectivity index (χ2v) is 5.67. The molecule has 0 saturated heterocycles. The van der Waals surface area contributed by atoms with E-state index in [4.69, 9.17) is 17.3 Å². The van der Waals surface area contributed by atoms with Crippen molar-refractivity contribution in [2.75, 3.05) is 16.4 Å². The molecule has 26 heavy (non-hydrogen) atoms. The first-order valence-electron chi connectivity index (χ1n) is 7.35. The number of amides is 2. The number of urea groups is 1. The molecule has 132 valence electrons. The van der Waals surface area contributed by atoms with Crippen molar-refractivity contribution in [2.24, 2.45) is 0 Å². The number of nitrogen functional groups attached to an aromatic ring is 1. The van der Waals surface area contributed by atoms with E-state index in [1.54, 1.807) is 24.4 Å². The van der Waals surface area contributed by atoms with Gasteiger partial charge in [-0.15, -0.1) is 0 Å². The number of aromatic amines is 1. The molecule has 0 atom stereocenters. The van der Waals surface area contributed by atoms with Gasteiger partial charge >= 0.3 is 6.03 Å². The molecule has 0 radical (unpaired) electrons. The Morgan fingerprint density at radius 3 is 2.58 bits per heavy atom. The Hall–Kier alpha value is -3.59. The van der Waals surface area contributed by atoms with Crippen LogP contribution in [0.3, 0.4) is 0 Å². The number of H-pyrrole nitrogens is 1. The summed E-state index contributed by atoms with van der Waals surface area (Å²) < 4.78 is 0. The average molecular weight is 373 g/mol. The van der Waals surface area contributed by atoms with Crippen LogP contribution in [0.15, 0.2) is 48.7 Å². The smallest absolute Gasteiger partial charge is 0.323 e. The lowest BCUT2D eigenvalue weighted by atomic mass is 10.1. The van der Waals surface area contributed by atoms with Gasteiger partial charge in [-0.1, -0.05) is 23.7 Å². The summed E-state index contributed by atoms with van der Waals surface area (Å²) in [5.41, 5.74) is 7.54. The summed E-state index contributed by atoms with van der Waals surface area (Å²) in [5, 5.41) is 16.1. The molecule has 0 unspecified atom stereocenters. The molecule has 3 aromatic rings. The van der Waals surface area contributed by atoms with E-state index in [-0.39, 0.29) is 16.4 Å². The van der Waals surface area contributed by atoms with Crippen LogP contribution in [0.4, 0.5) is 27.8 Å². The van der Waals surface area contributed by atoms with Gasteiger partial charge in [0.05, 0.1) is 16.8 Å². The van der Waals surface area contributed by atoms with Crippen LogP contribution in [0.25, 0.3) is 11.3 Å². The number of nitrogens with two attached hydrogens (primary N) is 1. The molecular weight excluding hydrogens is 360 g/mol. The van der Waals surface area contributed by atoms with Crippen molar-refractivity contribution in [1.82, 2.24) is 9.97 Å². The fourth-order valence-electron chi connectivity index (χ4n) is 2.27. The largest absolute Gasteiger partial charge is 0.369 e. The van der Waals surface area contributed by atoms with E-state index in [1.807, 2.05) is 6.07 Å². The number of benzene rings is 2. The fraction of sp³-hybridized carbons (Fsp3) is 0. The number of carbonyl (C=O) groups excluding carboxylic acids is 1. The van der Waals surface area contributed by atoms with Gasteiger partial charge < -0.3 is 21.4 Å². The predicted octanol–water partition coefficient (Wildman–Crippen LogP) is 3.86. The van der Waals surface area contributed by atoms with Crippen LogP contribution in [-0.4, -0.2) is 20.9 Å². The Kier molecular flexibility index (Phi) is 4.72. The molecule has 10 heteroatoms. The molecule has 0 fully saturated rings. The first kappa shape index (κ1) is 17.2. The van der Waals surface area contributed by atoms with Crippen molar-refractivity contribution < 1.29 is 9.72 Å². The molecule has 1 heterocycles. The van der Waals surface area contributed by atoms with Gasteiger partial charge in [0.2, 0.25) is 0 Å². The Morgan fingerprint density at radius 2 is 1.92 bits per heavy atom. The number of aromatic nitrogens is 2. The summed E-state index contributed by atoms with van der Waals surface area (Å²) >= 11 is 5.75. The predicted molar refractivity (Wildman–Crippen MR) is 99.2 cm³/mol. The maximum atomic E-state index is 12.1. The van der Waals surface area contributed by atoms with Crippen LogP contribution < -0.4 is 16.4 Å². The third-order valence-corrected chi connectivity index (χ3v) is 3.75. The molecule has 0 aliphatic carbocycles. The zero-order chi connectivity index (χ0) is 18.7. The van der Waals surface area contributed by atoms with Gasteiger partial charge in [0.15, 0.2) is 5.95 Å². The summed E-state index contributed by atoms with van der Waals surface area (Å²) in [6.07, 6.45) is 1.58. The van der Waals surface area contributed by atoms with Crippen LogP contribution in [0, 0.1) is 10.1 Å². The zero-order valence-electron chi connectivity index (χ0n) is 13.2. The lowest BCUT2D eigenvalue weighted by molar-refractivity contribution is -0.384. The van der Waals surface area contributed by atoms with Crippen molar-refractivity contribution in [3.63, 3.8) is 0 Å². The first-order chi connectivity index (χ1) is 12.4. The lowest BCUT2D eigenvalue weighted by Crippen LogP contribution is -2.19. The molecule has 0 aliphatic heterocycles. The Bertz CT molecular complexity index is 988. The molecule has 9 nitrogen and oxygen atoms in total. The van der Waals surface area contributed by atoms with E-state index in [0.717, 1.165) is 5.56 Å². The molecule has 2 amide bonds. The first-order valence-corrected chi connectivity index (χ1v) is 7.73. The minimum absolute atomic E-state index is 0.00695. The van der Waals surface area contributed by atoms with Crippen LogP contribution in [0.5, 0.6) is 0 Å². The second kappa shape index (κ2) is 7.11. The highest BCUT2D eigenvalue weighted by Crippen LogP contribution is 2.27. The topological polar surface area (TPSA) is 139 Å². The number of nitrogens with zero attached hydrogens (tertiary/aromatic N) is 2. The van der Waals surface area contributed by atoms with Crippen LogP contribution in [0.1, 0.15) is 0 Å². The number of carbonyl (C=O) groups is 1. The van der Waals surface area contributed by atoms with Gasteiger partial charge in [-0.25, -0.2) is 9.78 Å². The van der Waals surface area contributed by atoms with Crippen molar-refractivity contribution >= 4 is 40.6 Å². The highest BCUT2D eigenvalue weighted by Gasteiger charge is 2.14. The highest BCUT2D eigenvalue weighted by atomic mass is 35.5. The van der Waals surface area contributed by atoms with Crippen molar-refractivity contribution in [3.05, 3.63) is 63.8 Å². The number of nitrogens with one attached hydrogen (secondary N) is 3. The quantitative estimate of drug-likeness (QED) is 0.406. The van der Waals surface area contributed by atoms with E-state index in [1.165, 1.54) is 18.2 Å². The minimum atomic E-state index is -0.620. The van der Waals surface area contributed by atoms with Gasteiger partial charge in [0.25, 0.3) is 5.69 Å². The molecule has 3 rings (SSSR count). The highest BCUT2D eigenvalue weighted by molar-refractivity contribution is 6.32. The maximum absolute atomic E-state index is 12.1. The van der Waals surface area contributed by atoms with Crippen molar-refractivity contribution in [1.29, 1.82) is 0 Å². The summed E-state index contributed by atoms with van der Waals surface area (Å²) in [6, 6.07) is 10.5. The maximum Gasteiger partial charge on any atom is 0.323 e. The molecule has 2 aromatic carbocycles. The number of hydrogen-bond acceptors (Lipinski definition) is 5. The lowest BCUT2D eigenvalue weighted by Gasteiger charge is -2.09. The summed E-state index contributed by atoms with van der Waals surface area (Å²) in [4.78, 5) is 29.2. The Balaban J connectivity index is 1.73. The van der Waals surface area contributed by atoms with E-state index in [2.05, 4.69) is 20.6 Å². The number of imidazole rings is 1. The summed E-state index contributed by atoms with van der Waals surface area (Å²) in [5.74, 6) is 0.292. The summed E-state index contributed by atoms with van der Waals surface area (Å²) in [7, 11) is 0. The SMILES string of the molecule is Nc1ncc(-c2cccc(NC(=O)Nc3ccc(Cl)c([N+](=O)[O-])c3)c2)[nH]1. The second-order valence-electron chi connectivity index (χ2n) is 5.27. The zero-order valence-corrected chi connectivity index (χ0v) is 13.9. The molecular formula is C16H13ClN6O3. The van der Waals surface area contributed by atoms with E-state index < -0.39 is 11.0 Å². The number of anilines is 3. The number of halogens is 1. The van der Waals surface area contributed by atoms with Gasteiger partial charge in [0, 0.05) is 23.0 Å². The van der Waals surface area contributed by atoms with Crippen molar-refractivity contribution in [2.45, 2.75) is 0 Å². The third kappa shape index (κ3) is 3.90. The van der Waals surface area contributed by atoms with E-state index >= 15 is 0 Å². The Labute approximate surface area is 152 Å². The number of nitro benzene ring substituents is 1. The van der Waals surface area contributed by atoms with Crippen LogP contribution in [-0.2, 0) is 0 Å². The molecule has 0 aliphatic rings. The van der Waals surface area contributed by atoms with Gasteiger partial charge in [-0.05, 0) is 24.3 Å². The summed E-state index contributed by atoms with van der Waals surface area (Å²) in [6.45, 7) is 0. The normalized spacial score (nSPS) is 10.3. The third-order valence-electron chi connectivity index (χ3n) is 3.43. The molecule has 0 bridgehead atoms. The van der Waals surface area contributed by atoms with Crippen LogP contribution >= 0.6 is 11.6 Å². The van der Waals surface area contributed by atoms with Crippen LogP contribution in [0.2, 0.25) is 5.02 Å². The van der Waals surface area contributed by atoms with Gasteiger partial charge in [0.1, 0.15) is 5.02 Å². The molecule has 1 aromatic heterocycles. The molecule has 0 saturated carbocycles. The van der Waals surface area contributed by atoms with Gasteiger partial charge in [-0.3, -0.25) is 10.1 Å². The van der Waals surface area contributed by atoms with E-state index in [9.17, 15) is 14.9 Å². The molecule has 5 N–H and O–H groups in total. The number of hydrogen-bond donors (Lipinski definition) is 4. The number of nitro groups is 1. The number of rotatable bonds is 4. The minimum Gasteiger partial charge on any atom is -0.369 e. The standard InChI is InChI=1S/C16H13ClN6O3/c17-12-5-4-11(7-14(12)23(25)26)21-16(24)20-10-3-1-2-9(6-10)13-8-19-15(18)22-13/h1-8H,(H3,18,19,22)(H2,20,21,24). The molecule has 0 spiro atoms. The fourth-order valence-corrected chi connectivity index (χ4v) is 2.46. The van der Waals surface area contributed by atoms with Crippen molar-refractivity contribution in [3.8, 4) is 11.3 Å². The Morgan fingerprint density at radius 1 is 1.19 bits per heavy atom. The monoisotopic (exact) mass is 372 g/mol. The average Bonchev–Trinajstić information content (AvgIpc) is 3.03.